The minimum Gasteiger partial charge on any atom is -0.454 e. The SMILES string of the molecule is c1ccc(-c2ccc(N(c3ccc(-c4ccccc4)cc3)c3ccc(-c4ccc(-c5cccc(-c6cccc7c6oc6cccnc67)c5)cc4)cc3)cc2)cc1. The van der Waals surface area contributed by atoms with Crippen LogP contribution >= 0.6 is 0 Å². The predicted octanol–water partition coefficient (Wildman–Crippen LogP) is 14.8. The summed E-state index contributed by atoms with van der Waals surface area (Å²) in [5, 5.41) is 1.03. The molecule has 3 nitrogen and oxygen atoms in total. The first-order chi connectivity index (χ1) is 27.7. The Kier molecular flexibility index (Phi) is 8.51. The Morgan fingerprint density at radius 3 is 1.30 bits per heavy atom. The van der Waals surface area contributed by atoms with Crippen molar-refractivity contribution in [1.82, 2.24) is 4.98 Å². The molecular formula is C53H36N2O. The van der Waals surface area contributed by atoms with Gasteiger partial charge in [-0.2, -0.15) is 0 Å². The Hall–Kier alpha value is -7.49. The van der Waals surface area contributed by atoms with Crippen LogP contribution in [0.1, 0.15) is 0 Å². The van der Waals surface area contributed by atoms with E-state index in [0.29, 0.717) is 0 Å². The fraction of sp³-hybridized carbons (Fsp3) is 0. The molecule has 2 aromatic heterocycles. The van der Waals surface area contributed by atoms with Crippen LogP contribution in [0.25, 0.3) is 77.7 Å². The van der Waals surface area contributed by atoms with E-state index < -0.39 is 0 Å². The van der Waals surface area contributed by atoms with Crippen molar-refractivity contribution in [1.29, 1.82) is 0 Å². The van der Waals surface area contributed by atoms with Gasteiger partial charge >= 0.3 is 0 Å². The molecule has 0 saturated carbocycles. The Balaban J connectivity index is 0.941. The Morgan fingerprint density at radius 1 is 0.339 bits per heavy atom. The lowest BCUT2D eigenvalue weighted by molar-refractivity contribution is 0.669. The molecule has 10 aromatic rings. The number of rotatable bonds is 8. The second-order valence-electron chi connectivity index (χ2n) is 14.0. The largest absolute Gasteiger partial charge is 0.454 e. The standard InChI is InChI=1S/C53H36N2O/c1-3-10-37(11-4-1)40-23-29-46(30-24-40)55(47-31-25-41(26-32-47)38-12-5-2-6-13-38)48-33-27-42(28-34-48)39-19-21-43(22-20-39)44-14-7-15-45(36-44)49-16-8-17-50-52-51(56-53(49)50)18-9-35-54-52/h1-36H. The Labute approximate surface area is 326 Å². The third-order valence-electron chi connectivity index (χ3n) is 10.6. The molecule has 264 valence electrons. The highest BCUT2D eigenvalue weighted by Crippen LogP contribution is 2.39. The van der Waals surface area contributed by atoms with Gasteiger partial charge in [-0.05, 0) is 111 Å². The van der Waals surface area contributed by atoms with Crippen LogP contribution in [0.3, 0.4) is 0 Å². The lowest BCUT2D eigenvalue weighted by Crippen LogP contribution is -2.09. The summed E-state index contributed by atoms with van der Waals surface area (Å²) in [5.74, 6) is 0. The monoisotopic (exact) mass is 716 g/mol. The first kappa shape index (κ1) is 33.1. The van der Waals surface area contributed by atoms with Crippen molar-refractivity contribution < 1.29 is 4.42 Å². The average Bonchev–Trinajstić information content (AvgIpc) is 3.67. The second-order valence-corrected chi connectivity index (χ2v) is 14.0. The zero-order chi connectivity index (χ0) is 37.3. The molecular weight excluding hydrogens is 681 g/mol. The van der Waals surface area contributed by atoms with Gasteiger partial charge < -0.3 is 9.32 Å². The molecule has 0 atom stereocenters. The van der Waals surface area contributed by atoms with Crippen molar-refractivity contribution in [2.24, 2.45) is 0 Å². The number of hydrogen-bond donors (Lipinski definition) is 0. The van der Waals surface area contributed by atoms with Crippen LogP contribution < -0.4 is 4.90 Å². The number of furan rings is 1. The highest BCUT2D eigenvalue weighted by molar-refractivity contribution is 6.07. The molecule has 56 heavy (non-hydrogen) atoms. The molecule has 10 rings (SSSR count). The van der Waals surface area contributed by atoms with Gasteiger partial charge in [-0.3, -0.25) is 4.98 Å². The van der Waals surface area contributed by atoms with E-state index in [1.807, 2.05) is 18.3 Å². The molecule has 0 bridgehead atoms. The van der Waals surface area contributed by atoms with E-state index in [0.717, 1.165) is 66.9 Å². The molecule has 0 aliphatic carbocycles. The summed E-state index contributed by atoms with van der Waals surface area (Å²) in [5.41, 5.74) is 17.5. The number of fused-ring (bicyclic) bond motifs is 3. The predicted molar refractivity (Wildman–Crippen MR) is 233 cm³/mol. The molecule has 0 saturated heterocycles. The lowest BCUT2D eigenvalue weighted by atomic mass is 9.96. The number of para-hydroxylation sites is 1. The molecule has 8 aromatic carbocycles. The van der Waals surface area contributed by atoms with Crippen LogP contribution in [0.15, 0.2) is 223 Å². The quantitative estimate of drug-likeness (QED) is 0.157. The zero-order valence-corrected chi connectivity index (χ0v) is 30.6. The van der Waals surface area contributed by atoms with E-state index in [2.05, 4.69) is 210 Å². The van der Waals surface area contributed by atoms with Crippen LogP contribution in [0, 0.1) is 0 Å². The summed E-state index contributed by atoms with van der Waals surface area (Å²) in [7, 11) is 0. The molecule has 0 aliphatic heterocycles. The van der Waals surface area contributed by atoms with Crippen LogP contribution in [-0.4, -0.2) is 4.98 Å². The summed E-state index contributed by atoms with van der Waals surface area (Å²) in [6, 6.07) is 75.3. The summed E-state index contributed by atoms with van der Waals surface area (Å²) in [6.45, 7) is 0. The van der Waals surface area contributed by atoms with Crippen molar-refractivity contribution in [3.63, 3.8) is 0 Å². The molecule has 0 spiro atoms. The third-order valence-corrected chi connectivity index (χ3v) is 10.6. The Morgan fingerprint density at radius 2 is 0.768 bits per heavy atom. The topological polar surface area (TPSA) is 29.3 Å². The van der Waals surface area contributed by atoms with Gasteiger partial charge in [-0.25, -0.2) is 0 Å². The highest BCUT2D eigenvalue weighted by atomic mass is 16.3. The van der Waals surface area contributed by atoms with Gasteiger partial charge in [0.05, 0.1) is 0 Å². The van der Waals surface area contributed by atoms with E-state index in [4.69, 9.17) is 4.42 Å². The summed E-state index contributed by atoms with van der Waals surface area (Å²) < 4.78 is 6.30. The van der Waals surface area contributed by atoms with Gasteiger partial charge in [0, 0.05) is 34.2 Å². The van der Waals surface area contributed by atoms with E-state index in [-0.39, 0.29) is 0 Å². The first-order valence-electron chi connectivity index (χ1n) is 18.9. The lowest BCUT2D eigenvalue weighted by Gasteiger charge is -2.26. The maximum absolute atomic E-state index is 6.30. The van der Waals surface area contributed by atoms with E-state index in [1.165, 1.54) is 27.8 Å². The number of hydrogen-bond acceptors (Lipinski definition) is 3. The van der Waals surface area contributed by atoms with Gasteiger partial charge in [0.2, 0.25) is 0 Å². The zero-order valence-electron chi connectivity index (χ0n) is 30.6. The molecule has 0 radical (unpaired) electrons. The van der Waals surface area contributed by atoms with Gasteiger partial charge in [-0.15, -0.1) is 0 Å². The summed E-state index contributed by atoms with van der Waals surface area (Å²) >= 11 is 0. The summed E-state index contributed by atoms with van der Waals surface area (Å²) in [6.07, 6.45) is 1.81. The number of aromatic nitrogens is 1. The van der Waals surface area contributed by atoms with Gasteiger partial charge in [0.1, 0.15) is 11.1 Å². The molecule has 0 N–H and O–H groups in total. The van der Waals surface area contributed by atoms with E-state index in [1.54, 1.807) is 0 Å². The molecule has 0 unspecified atom stereocenters. The maximum Gasteiger partial charge on any atom is 0.153 e. The van der Waals surface area contributed by atoms with Crippen molar-refractivity contribution in [3.8, 4) is 55.6 Å². The van der Waals surface area contributed by atoms with E-state index >= 15 is 0 Å². The van der Waals surface area contributed by atoms with Crippen LogP contribution in [0.5, 0.6) is 0 Å². The van der Waals surface area contributed by atoms with Crippen molar-refractivity contribution in [2.75, 3.05) is 4.90 Å². The van der Waals surface area contributed by atoms with Crippen molar-refractivity contribution in [3.05, 3.63) is 219 Å². The number of benzene rings is 8. The molecule has 0 aliphatic rings. The molecule has 0 amide bonds. The fourth-order valence-electron chi connectivity index (χ4n) is 7.68. The normalized spacial score (nSPS) is 11.2. The van der Waals surface area contributed by atoms with Crippen molar-refractivity contribution >= 4 is 39.1 Å². The average molecular weight is 717 g/mol. The van der Waals surface area contributed by atoms with Gasteiger partial charge in [0.15, 0.2) is 5.58 Å². The van der Waals surface area contributed by atoms with Crippen LogP contribution in [0.2, 0.25) is 0 Å². The minimum atomic E-state index is 0.803. The van der Waals surface area contributed by atoms with Gasteiger partial charge in [-0.1, -0.05) is 152 Å². The second kappa shape index (κ2) is 14.4. The van der Waals surface area contributed by atoms with Crippen molar-refractivity contribution in [2.45, 2.75) is 0 Å². The Bertz CT molecular complexity index is 2830. The number of pyridine rings is 1. The highest BCUT2D eigenvalue weighted by Gasteiger charge is 2.15. The van der Waals surface area contributed by atoms with Gasteiger partial charge in [0.25, 0.3) is 0 Å². The van der Waals surface area contributed by atoms with E-state index in [9.17, 15) is 0 Å². The molecule has 3 heteroatoms. The number of nitrogens with zero attached hydrogens (tertiary/aromatic N) is 2. The number of anilines is 3. The third kappa shape index (κ3) is 6.31. The fourth-order valence-corrected chi connectivity index (χ4v) is 7.68. The molecule has 2 heterocycles. The minimum absolute atomic E-state index is 0.803. The smallest absolute Gasteiger partial charge is 0.153 e. The van der Waals surface area contributed by atoms with Crippen LogP contribution in [0.4, 0.5) is 17.1 Å². The summed E-state index contributed by atoms with van der Waals surface area (Å²) in [4.78, 5) is 6.90. The molecule has 0 fully saturated rings. The maximum atomic E-state index is 6.30. The van der Waals surface area contributed by atoms with Crippen LogP contribution in [-0.2, 0) is 0 Å². The first-order valence-corrected chi connectivity index (χ1v) is 18.9.